The van der Waals surface area contributed by atoms with Crippen molar-refractivity contribution in [1.29, 1.82) is 0 Å². The van der Waals surface area contributed by atoms with Gasteiger partial charge in [-0.1, -0.05) is 31.9 Å². The van der Waals surface area contributed by atoms with Crippen LogP contribution in [0.25, 0.3) is 0 Å². The fraction of sp³-hybridized carbons (Fsp3) is 0.524. The highest BCUT2D eigenvalue weighted by Crippen LogP contribution is 2.50. The zero-order chi connectivity index (χ0) is 17.4. The summed E-state index contributed by atoms with van der Waals surface area (Å²) in [5.74, 6) is 0.909. The molecule has 0 aromatic heterocycles. The van der Waals surface area contributed by atoms with Gasteiger partial charge in [0.15, 0.2) is 0 Å². The van der Waals surface area contributed by atoms with Crippen LogP contribution < -0.4 is 9.64 Å². The summed E-state index contributed by atoms with van der Waals surface area (Å²) in [5.41, 5.74) is 0.671. The number of carbonyl (C=O) groups excluding carboxylic acids is 2. The Bertz CT molecular complexity index is 662. The van der Waals surface area contributed by atoms with Crippen LogP contribution in [0.2, 0.25) is 0 Å². The second kappa shape index (κ2) is 6.66. The number of benzene rings is 1. The second-order valence-corrected chi connectivity index (χ2v) is 7.40. The number of hydrogen-bond donors (Lipinski definition) is 0. The SMILES string of the molecule is CCCCCOc1ccc(N2C(=O)C3C4C=CC(CC4)C3C2=O)cc1. The summed E-state index contributed by atoms with van der Waals surface area (Å²) in [6.45, 7) is 2.87. The Morgan fingerprint density at radius 1 is 0.960 bits per heavy atom. The van der Waals surface area contributed by atoms with Crippen molar-refractivity contribution in [3.05, 3.63) is 36.4 Å². The van der Waals surface area contributed by atoms with E-state index >= 15 is 0 Å². The lowest BCUT2D eigenvalue weighted by Crippen LogP contribution is -2.38. The standard InChI is InChI=1S/C21H25NO3/c1-2-3-4-13-25-17-11-9-16(10-12-17)22-20(23)18-14-5-6-15(8-7-14)19(18)21(22)24/h5-6,9-12,14-15,18-19H,2-4,7-8,13H2,1H3. The smallest absolute Gasteiger partial charge is 0.238 e. The second-order valence-electron chi connectivity index (χ2n) is 7.40. The first-order chi connectivity index (χ1) is 12.2. The van der Waals surface area contributed by atoms with Gasteiger partial charge < -0.3 is 4.74 Å². The number of rotatable bonds is 6. The van der Waals surface area contributed by atoms with E-state index in [1.165, 1.54) is 11.3 Å². The Morgan fingerprint density at radius 2 is 1.56 bits per heavy atom. The maximum Gasteiger partial charge on any atom is 0.238 e. The summed E-state index contributed by atoms with van der Waals surface area (Å²) >= 11 is 0. The lowest BCUT2D eigenvalue weighted by molar-refractivity contribution is -0.124. The molecule has 0 N–H and O–H groups in total. The minimum atomic E-state index is -0.152. The number of nitrogens with zero attached hydrogens (tertiary/aromatic N) is 1. The quantitative estimate of drug-likeness (QED) is 0.448. The largest absolute Gasteiger partial charge is 0.494 e. The molecule has 1 heterocycles. The van der Waals surface area contributed by atoms with Gasteiger partial charge in [-0.15, -0.1) is 0 Å². The molecule has 1 saturated heterocycles. The molecule has 1 aromatic carbocycles. The molecule has 0 spiro atoms. The summed E-state index contributed by atoms with van der Waals surface area (Å²) in [4.78, 5) is 27.2. The normalized spacial score (nSPS) is 30.0. The number of anilines is 1. The van der Waals surface area contributed by atoms with E-state index in [4.69, 9.17) is 4.74 Å². The summed E-state index contributed by atoms with van der Waals surface area (Å²) in [6.07, 6.45) is 9.73. The Morgan fingerprint density at radius 3 is 2.08 bits per heavy atom. The zero-order valence-corrected chi connectivity index (χ0v) is 14.7. The molecule has 1 aliphatic heterocycles. The number of amides is 2. The molecular weight excluding hydrogens is 314 g/mol. The van der Waals surface area contributed by atoms with E-state index in [2.05, 4.69) is 19.1 Å². The Labute approximate surface area is 148 Å². The van der Waals surface area contributed by atoms with E-state index in [0.29, 0.717) is 12.3 Å². The van der Waals surface area contributed by atoms with Gasteiger partial charge in [-0.25, -0.2) is 0 Å². The van der Waals surface area contributed by atoms with Crippen LogP contribution in [0.5, 0.6) is 5.75 Å². The predicted octanol–water partition coefficient (Wildman–Crippen LogP) is 3.96. The van der Waals surface area contributed by atoms with Gasteiger partial charge in [-0.2, -0.15) is 0 Å². The third-order valence-electron chi connectivity index (χ3n) is 5.87. The van der Waals surface area contributed by atoms with Crippen molar-refractivity contribution in [3.8, 4) is 5.75 Å². The molecule has 5 rings (SSSR count). The van der Waals surface area contributed by atoms with E-state index in [9.17, 15) is 9.59 Å². The van der Waals surface area contributed by atoms with E-state index in [1.807, 2.05) is 24.3 Å². The molecule has 1 saturated carbocycles. The predicted molar refractivity (Wildman–Crippen MR) is 96.3 cm³/mol. The van der Waals surface area contributed by atoms with Crippen LogP contribution in [0, 0.1) is 23.7 Å². The van der Waals surface area contributed by atoms with Crippen LogP contribution in [0.15, 0.2) is 36.4 Å². The number of fused-ring (bicyclic) bond motifs is 1. The van der Waals surface area contributed by atoms with Gasteiger partial charge in [0.1, 0.15) is 5.75 Å². The van der Waals surface area contributed by atoms with E-state index in [1.54, 1.807) is 0 Å². The maximum absolute atomic E-state index is 12.9. The van der Waals surface area contributed by atoms with Crippen LogP contribution in [0.4, 0.5) is 5.69 Å². The van der Waals surface area contributed by atoms with Gasteiger partial charge in [-0.05, 0) is 55.4 Å². The lowest BCUT2D eigenvalue weighted by atomic mass is 9.63. The first kappa shape index (κ1) is 16.4. The molecule has 4 nitrogen and oxygen atoms in total. The molecule has 132 valence electrons. The number of unbranched alkanes of at least 4 members (excludes halogenated alkanes) is 2. The Hall–Kier alpha value is -2.10. The van der Waals surface area contributed by atoms with Crippen LogP contribution >= 0.6 is 0 Å². The van der Waals surface area contributed by atoms with Gasteiger partial charge >= 0.3 is 0 Å². The first-order valence-corrected chi connectivity index (χ1v) is 9.49. The third kappa shape index (κ3) is 2.78. The van der Waals surface area contributed by atoms with Crippen molar-refractivity contribution in [2.24, 2.45) is 23.7 Å². The summed E-state index contributed by atoms with van der Waals surface area (Å²) in [7, 11) is 0. The summed E-state index contributed by atoms with van der Waals surface area (Å²) < 4.78 is 5.72. The molecule has 0 radical (unpaired) electrons. The minimum absolute atomic E-state index is 0.0225. The number of carbonyl (C=O) groups is 2. The van der Waals surface area contributed by atoms with Crippen molar-refractivity contribution < 1.29 is 14.3 Å². The summed E-state index contributed by atoms with van der Waals surface area (Å²) in [6, 6.07) is 7.38. The summed E-state index contributed by atoms with van der Waals surface area (Å²) in [5, 5.41) is 0. The molecule has 3 aliphatic carbocycles. The molecule has 4 aliphatic rings. The molecule has 4 atom stereocenters. The average molecular weight is 339 g/mol. The molecular formula is C21H25NO3. The first-order valence-electron chi connectivity index (χ1n) is 9.49. The number of hydrogen-bond acceptors (Lipinski definition) is 3. The average Bonchev–Trinajstić information content (AvgIpc) is 2.94. The van der Waals surface area contributed by atoms with Gasteiger partial charge in [-0.3, -0.25) is 14.5 Å². The van der Waals surface area contributed by atoms with Crippen molar-refractivity contribution in [3.63, 3.8) is 0 Å². The topological polar surface area (TPSA) is 46.6 Å². The van der Waals surface area contributed by atoms with Gasteiger partial charge in [0.2, 0.25) is 11.8 Å². The number of ether oxygens (including phenoxy) is 1. The van der Waals surface area contributed by atoms with Crippen LogP contribution in [-0.2, 0) is 9.59 Å². The fourth-order valence-electron chi connectivity index (χ4n) is 4.56. The molecule has 2 fully saturated rings. The number of imide groups is 1. The highest BCUT2D eigenvalue weighted by atomic mass is 16.5. The van der Waals surface area contributed by atoms with E-state index in [0.717, 1.165) is 31.4 Å². The van der Waals surface area contributed by atoms with Crippen molar-refractivity contribution in [1.82, 2.24) is 0 Å². The van der Waals surface area contributed by atoms with Gasteiger partial charge in [0.25, 0.3) is 0 Å². The monoisotopic (exact) mass is 339 g/mol. The maximum atomic E-state index is 12.9. The van der Waals surface area contributed by atoms with Crippen LogP contribution in [-0.4, -0.2) is 18.4 Å². The molecule has 2 bridgehead atoms. The van der Waals surface area contributed by atoms with Crippen molar-refractivity contribution in [2.75, 3.05) is 11.5 Å². The van der Waals surface area contributed by atoms with Crippen molar-refractivity contribution >= 4 is 17.5 Å². The van der Waals surface area contributed by atoms with Crippen LogP contribution in [0.3, 0.4) is 0 Å². The van der Waals surface area contributed by atoms with Gasteiger partial charge in [0.05, 0.1) is 24.1 Å². The lowest BCUT2D eigenvalue weighted by Gasteiger charge is -2.38. The van der Waals surface area contributed by atoms with Crippen LogP contribution in [0.1, 0.15) is 39.0 Å². The molecule has 2 amide bonds. The molecule has 25 heavy (non-hydrogen) atoms. The van der Waals surface area contributed by atoms with Gasteiger partial charge in [0, 0.05) is 0 Å². The third-order valence-corrected chi connectivity index (χ3v) is 5.87. The van der Waals surface area contributed by atoms with E-state index in [-0.39, 0.29) is 35.5 Å². The zero-order valence-electron chi connectivity index (χ0n) is 14.7. The molecule has 1 aromatic rings. The molecule has 4 heteroatoms. The Balaban J connectivity index is 1.49. The minimum Gasteiger partial charge on any atom is -0.494 e. The van der Waals surface area contributed by atoms with Crippen molar-refractivity contribution in [2.45, 2.75) is 39.0 Å². The molecule has 4 unspecified atom stereocenters. The number of allylic oxidation sites excluding steroid dienone is 2. The van der Waals surface area contributed by atoms with E-state index < -0.39 is 0 Å². The highest BCUT2D eigenvalue weighted by Gasteiger charge is 2.56. The highest BCUT2D eigenvalue weighted by molar-refractivity contribution is 6.22. The Kier molecular flexibility index (Phi) is 4.36. The fourth-order valence-corrected chi connectivity index (χ4v) is 4.56.